The Kier molecular flexibility index (Phi) is 12.9. The molecule has 10 heteroatoms. The summed E-state index contributed by atoms with van der Waals surface area (Å²) >= 11 is 12.8. The molecule has 1 atom stereocenters. The van der Waals surface area contributed by atoms with Crippen LogP contribution in [0.5, 0.6) is 0 Å². The molecule has 0 bridgehead atoms. The van der Waals surface area contributed by atoms with Crippen molar-refractivity contribution >= 4 is 50.7 Å². The maximum absolute atomic E-state index is 14.7. The van der Waals surface area contributed by atoms with Gasteiger partial charge in [-0.05, 0) is 66.8 Å². The van der Waals surface area contributed by atoms with Crippen molar-refractivity contribution in [3.8, 4) is 0 Å². The van der Waals surface area contributed by atoms with E-state index in [1.54, 1.807) is 54.6 Å². The minimum Gasteiger partial charge on any atom is -0.354 e. The van der Waals surface area contributed by atoms with Crippen molar-refractivity contribution in [3.63, 3.8) is 0 Å². The zero-order valence-corrected chi connectivity index (χ0v) is 29.3. The van der Waals surface area contributed by atoms with Gasteiger partial charge in [0.25, 0.3) is 10.0 Å². The van der Waals surface area contributed by atoms with Crippen molar-refractivity contribution in [2.45, 2.75) is 63.9 Å². The first-order valence-electron chi connectivity index (χ1n) is 15.8. The number of amides is 2. The Balaban J connectivity index is 1.84. The summed E-state index contributed by atoms with van der Waals surface area (Å²) in [6, 6.07) is 27.1. The van der Waals surface area contributed by atoms with E-state index in [0.717, 1.165) is 33.8 Å². The van der Waals surface area contributed by atoms with Crippen molar-refractivity contribution in [3.05, 3.63) is 129 Å². The molecule has 0 heterocycles. The molecule has 2 amide bonds. The smallest absolute Gasteiger partial charge is 0.264 e. The molecule has 47 heavy (non-hydrogen) atoms. The zero-order chi connectivity index (χ0) is 34.0. The average Bonchev–Trinajstić information content (AvgIpc) is 3.06. The van der Waals surface area contributed by atoms with Gasteiger partial charge in [-0.15, -0.1) is 0 Å². The van der Waals surface area contributed by atoms with Crippen LogP contribution >= 0.6 is 23.2 Å². The maximum Gasteiger partial charge on any atom is 0.264 e. The summed E-state index contributed by atoms with van der Waals surface area (Å²) in [5, 5.41) is 3.76. The monoisotopic (exact) mass is 693 g/mol. The summed E-state index contributed by atoms with van der Waals surface area (Å²) in [7, 11) is -4.20. The molecule has 0 radical (unpaired) electrons. The number of rotatable bonds is 15. The molecule has 0 aliphatic heterocycles. The predicted octanol–water partition coefficient (Wildman–Crippen LogP) is 7.62. The van der Waals surface area contributed by atoms with Crippen molar-refractivity contribution in [1.29, 1.82) is 0 Å². The van der Waals surface area contributed by atoms with E-state index in [1.807, 2.05) is 63.2 Å². The normalized spacial score (nSPS) is 11.9. The highest BCUT2D eigenvalue weighted by Crippen LogP contribution is 2.29. The minimum atomic E-state index is -4.20. The number of carbonyl (C=O) groups excluding carboxylic acids is 2. The van der Waals surface area contributed by atoms with Crippen LogP contribution in [0.4, 0.5) is 5.69 Å². The van der Waals surface area contributed by atoms with E-state index >= 15 is 0 Å². The van der Waals surface area contributed by atoms with E-state index in [-0.39, 0.29) is 23.8 Å². The van der Waals surface area contributed by atoms with Gasteiger partial charge in [-0.1, -0.05) is 116 Å². The Bertz CT molecular complexity index is 1770. The second kappa shape index (κ2) is 16.8. The summed E-state index contributed by atoms with van der Waals surface area (Å²) in [6.07, 6.45) is 2.42. The number of sulfonamides is 1. The second-order valence-corrected chi connectivity index (χ2v) is 14.1. The highest BCUT2D eigenvalue weighted by Gasteiger charge is 2.35. The lowest BCUT2D eigenvalue weighted by Gasteiger charge is -2.34. The number of hydrogen-bond donors (Lipinski definition) is 1. The lowest BCUT2D eigenvalue weighted by molar-refractivity contribution is -0.140. The number of para-hydroxylation sites is 1. The Morgan fingerprint density at radius 3 is 2.19 bits per heavy atom. The molecule has 0 spiro atoms. The molecule has 7 nitrogen and oxygen atoms in total. The van der Waals surface area contributed by atoms with Crippen molar-refractivity contribution in [2.75, 3.05) is 17.4 Å². The van der Waals surface area contributed by atoms with Crippen LogP contribution in [0.3, 0.4) is 0 Å². The first-order chi connectivity index (χ1) is 22.5. The highest BCUT2D eigenvalue weighted by molar-refractivity contribution is 7.92. The Morgan fingerprint density at radius 1 is 0.851 bits per heavy atom. The number of anilines is 1. The quantitative estimate of drug-likeness (QED) is 0.130. The SMILES string of the molecule is CCCCNC(=O)[C@H](Cc1ccccc1)N(Cc1ccc(Cl)cc1Cl)C(=O)CN(c1ccccc1CC)S(=O)(=O)c1ccc(C)cc1. The lowest BCUT2D eigenvalue weighted by atomic mass is 10.0. The number of nitrogens with zero attached hydrogens (tertiary/aromatic N) is 2. The van der Waals surface area contributed by atoms with Gasteiger partial charge in [0, 0.05) is 29.6 Å². The number of halogens is 2. The summed E-state index contributed by atoms with van der Waals surface area (Å²) in [5.74, 6) is -0.883. The summed E-state index contributed by atoms with van der Waals surface area (Å²) in [4.78, 5) is 30.1. The standard InChI is InChI=1S/C37H41Cl2N3O4S/c1-4-6-22-40-37(44)35(23-28-12-8-7-9-13-28)41(25-30-18-19-31(38)24-33(30)39)36(43)26-42(34-15-11-10-14-29(34)5-2)47(45,46)32-20-16-27(3)17-21-32/h7-21,24,35H,4-6,22-23,25-26H2,1-3H3,(H,40,44)/t35-/m0/s1. The first-order valence-corrected chi connectivity index (χ1v) is 18.0. The van der Waals surface area contributed by atoms with E-state index in [1.165, 1.54) is 4.90 Å². The van der Waals surface area contributed by atoms with Crippen LogP contribution in [0, 0.1) is 6.92 Å². The molecule has 1 N–H and O–H groups in total. The zero-order valence-electron chi connectivity index (χ0n) is 27.0. The number of nitrogens with one attached hydrogen (secondary N) is 1. The molecule has 4 aromatic carbocycles. The molecule has 0 unspecified atom stereocenters. The van der Waals surface area contributed by atoms with E-state index in [9.17, 15) is 18.0 Å². The van der Waals surface area contributed by atoms with Crippen LogP contribution in [0.25, 0.3) is 0 Å². The van der Waals surface area contributed by atoms with Gasteiger partial charge in [0.05, 0.1) is 10.6 Å². The van der Waals surface area contributed by atoms with Gasteiger partial charge in [-0.25, -0.2) is 8.42 Å². The Labute approximate surface area is 288 Å². The van der Waals surface area contributed by atoms with Gasteiger partial charge in [0.15, 0.2) is 0 Å². The third-order valence-electron chi connectivity index (χ3n) is 7.99. The van der Waals surface area contributed by atoms with Crippen LogP contribution in [0.1, 0.15) is 48.9 Å². The van der Waals surface area contributed by atoms with E-state index in [0.29, 0.717) is 34.3 Å². The second-order valence-electron chi connectivity index (χ2n) is 11.4. The van der Waals surface area contributed by atoms with Crippen molar-refractivity contribution < 1.29 is 18.0 Å². The Hall–Kier alpha value is -3.85. The van der Waals surface area contributed by atoms with E-state index < -0.39 is 28.5 Å². The third-order valence-corrected chi connectivity index (χ3v) is 10.3. The van der Waals surface area contributed by atoms with E-state index in [4.69, 9.17) is 23.2 Å². The number of unbranched alkanes of at least 4 members (excludes halogenated alkanes) is 1. The molecular formula is C37H41Cl2N3O4S. The minimum absolute atomic E-state index is 0.0403. The highest BCUT2D eigenvalue weighted by atomic mass is 35.5. The van der Waals surface area contributed by atoms with E-state index in [2.05, 4.69) is 5.32 Å². The molecular weight excluding hydrogens is 653 g/mol. The predicted molar refractivity (Wildman–Crippen MR) is 190 cm³/mol. The number of hydrogen-bond acceptors (Lipinski definition) is 4. The lowest BCUT2D eigenvalue weighted by Crippen LogP contribution is -2.53. The van der Waals surface area contributed by atoms with Gasteiger partial charge >= 0.3 is 0 Å². The molecule has 0 saturated carbocycles. The van der Waals surface area contributed by atoms with Gasteiger partial charge < -0.3 is 10.2 Å². The molecule has 248 valence electrons. The van der Waals surface area contributed by atoms with Gasteiger partial charge in [-0.3, -0.25) is 13.9 Å². The number of carbonyl (C=O) groups is 2. The van der Waals surface area contributed by atoms with Crippen LogP contribution < -0.4 is 9.62 Å². The van der Waals surface area contributed by atoms with Gasteiger partial charge in [0.1, 0.15) is 12.6 Å². The maximum atomic E-state index is 14.7. The average molecular weight is 695 g/mol. The van der Waals surface area contributed by atoms with Crippen molar-refractivity contribution in [2.24, 2.45) is 0 Å². The van der Waals surface area contributed by atoms with Gasteiger partial charge in [-0.2, -0.15) is 0 Å². The fourth-order valence-electron chi connectivity index (χ4n) is 5.30. The molecule has 0 aromatic heterocycles. The molecule has 4 rings (SSSR count). The molecule has 4 aromatic rings. The van der Waals surface area contributed by atoms with Crippen LogP contribution in [0.2, 0.25) is 10.0 Å². The topological polar surface area (TPSA) is 86.8 Å². The number of aryl methyl sites for hydroxylation is 2. The molecule has 0 fully saturated rings. The van der Waals surface area contributed by atoms with Gasteiger partial charge in [0.2, 0.25) is 11.8 Å². The summed E-state index contributed by atoms with van der Waals surface area (Å²) in [5.41, 5.74) is 3.50. The van der Waals surface area contributed by atoms with Crippen LogP contribution in [-0.4, -0.2) is 44.3 Å². The first kappa shape index (κ1) is 36.0. The fraction of sp³-hybridized carbons (Fsp3) is 0.297. The van der Waals surface area contributed by atoms with Crippen LogP contribution in [0.15, 0.2) is 102 Å². The molecule has 0 aliphatic rings. The molecule has 0 aliphatic carbocycles. The fourth-order valence-corrected chi connectivity index (χ4v) is 7.22. The van der Waals surface area contributed by atoms with Crippen molar-refractivity contribution in [1.82, 2.24) is 10.2 Å². The molecule has 0 saturated heterocycles. The summed E-state index contributed by atoms with van der Waals surface area (Å²) in [6.45, 7) is 5.71. The largest absolute Gasteiger partial charge is 0.354 e. The van der Waals surface area contributed by atoms with Crippen LogP contribution in [-0.2, 0) is 39.0 Å². The Morgan fingerprint density at radius 2 is 1.53 bits per heavy atom. The third kappa shape index (κ3) is 9.37. The number of benzene rings is 4. The summed E-state index contributed by atoms with van der Waals surface area (Å²) < 4.78 is 29.8.